The van der Waals surface area contributed by atoms with E-state index in [-0.39, 0.29) is 5.78 Å². The van der Waals surface area contributed by atoms with Gasteiger partial charge in [0.2, 0.25) is 0 Å². The van der Waals surface area contributed by atoms with Gasteiger partial charge in [-0.1, -0.05) is 31.2 Å². The molecule has 0 spiro atoms. The predicted molar refractivity (Wildman–Crippen MR) is 147 cm³/mol. The van der Waals surface area contributed by atoms with Crippen molar-refractivity contribution in [1.29, 1.82) is 0 Å². The van der Waals surface area contributed by atoms with Crippen molar-refractivity contribution in [3.63, 3.8) is 0 Å². The zero-order chi connectivity index (χ0) is 24.0. The molecule has 0 saturated heterocycles. The fourth-order valence-electron chi connectivity index (χ4n) is 4.62. The largest absolute Gasteiger partial charge is 0.364 e. The Labute approximate surface area is 201 Å². The molecule has 2 aromatic carbocycles. The Morgan fingerprint density at radius 3 is 1.48 bits per heavy atom. The van der Waals surface area contributed by atoms with Gasteiger partial charge < -0.3 is 9.80 Å². The highest BCUT2D eigenvalue weighted by atomic mass is 32.3. The van der Waals surface area contributed by atoms with E-state index in [1.807, 2.05) is 36.4 Å². The van der Waals surface area contributed by atoms with Crippen LogP contribution in [-0.4, -0.2) is 44.0 Å². The number of hydrogen-bond donors (Lipinski definition) is 0. The lowest BCUT2D eigenvalue weighted by molar-refractivity contribution is 0.103. The summed E-state index contributed by atoms with van der Waals surface area (Å²) >= 11 is 0. The highest BCUT2D eigenvalue weighted by molar-refractivity contribution is 8.33. The molecular weight excluding hydrogens is 424 g/mol. The summed E-state index contributed by atoms with van der Waals surface area (Å²) in [6.07, 6.45) is 11.0. The summed E-state index contributed by atoms with van der Waals surface area (Å²) in [7, 11) is -1.39. The van der Waals surface area contributed by atoms with E-state index in [0.29, 0.717) is 0 Å². The molecule has 0 atom stereocenters. The summed E-state index contributed by atoms with van der Waals surface area (Å²) < 4.78 is 0. The third kappa shape index (κ3) is 4.72. The maximum atomic E-state index is 13.6. The van der Waals surface area contributed by atoms with Crippen LogP contribution in [0.1, 0.15) is 29.3 Å². The van der Waals surface area contributed by atoms with Crippen LogP contribution < -0.4 is 9.80 Å². The van der Waals surface area contributed by atoms with Crippen molar-refractivity contribution in [2.45, 2.75) is 23.1 Å². The molecule has 0 fully saturated rings. The van der Waals surface area contributed by atoms with Crippen LogP contribution in [-0.2, 0) is 0 Å². The van der Waals surface area contributed by atoms with Crippen molar-refractivity contribution in [2.24, 2.45) is 0 Å². The van der Waals surface area contributed by atoms with Crippen LogP contribution in [0.5, 0.6) is 0 Å². The number of rotatable bonds is 12. The van der Waals surface area contributed by atoms with Crippen molar-refractivity contribution in [2.75, 3.05) is 48.0 Å². The molecule has 0 amide bonds. The van der Waals surface area contributed by atoms with Crippen LogP contribution >= 0.6 is 10.0 Å². The summed E-state index contributed by atoms with van der Waals surface area (Å²) in [4.78, 5) is 20.4. The van der Waals surface area contributed by atoms with Crippen LogP contribution in [0, 0.1) is 0 Å². The van der Waals surface area contributed by atoms with E-state index in [2.05, 4.69) is 73.6 Å². The van der Waals surface area contributed by atoms with Crippen LogP contribution in [0.15, 0.2) is 96.8 Å². The van der Waals surface area contributed by atoms with Crippen LogP contribution in [0.2, 0.25) is 0 Å². The first-order chi connectivity index (χ1) is 15.9. The van der Waals surface area contributed by atoms with Gasteiger partial charge in [0.05, 0.1) is 0 Å². The van der Waals surface area contributed by atoms with Gasteiger partial charge in [-0.05, 0) is 54.8 Å². The maximum Gasteiger partial charge on any atom is 0.195 e. The zero-order valence-corrected chi connectivity index (χ0v) is 20.9. The Bertz CT molecular complexity index is 974. The Kier molecular flexibility index (Phi) is 8.04. The molecule has 0 unspecified atom stereocenters. The summed E-state index contributed by atoms with van der Waals surface area (Å²) in [5.41, 5.74) is 3.90. The second-order valence-corrected chi connectivity index (χ2v) is 11.9. The average molecular weight is 461 g/mol. The molecule has 1 aliphatic rings. The first-order valence-electron chi connectivity index (χ1n) is 11.5. The third-order valence-corrected chi connectivity index (χ3v) is 9.97. The van der Waals surface area contributed by atoms with Crippen molar-refractivity contribution in [3.8, 4) is 0 Å². The molecule has 4 heteroatoms. The van der Waals surface area contributed by atoms with E-state index in [1.165, 1.54) is 9.79 Å². The Hall–Kier alpha value is -2.98. The van der Waals surface area contributed by atoms with E-state index in [4.69, 9.17) is 0 Å². The van der Waals surface area contributed by atoms with Gasteiger partial charge in [-0.3, -0.25) is 4.79 Å². The minimum Gasteiger partial charge on any atom is -0.364 e. The van der Waals surface area contributed by atoms with Gasteiger partial charge in [0.1, 0.15) is 0 Å². The second kappa shape index (κ2) is 10.8. The summed E-state index contributed by atoms with van der Waals surface area (Å²) in [6.45, 7) is 20.8. The monoisotopic (exact) mass is 460 g/mol. The van der Waals surface area contributed by atoms with Crippen molar-refractivity contribution < 1.29 is 4.79 Å². The Balaban J connectivity index is 2.20. The normalized spacial score (nSPS) is 14.4. The SMILES string of the molecule is C=CCN(CC=C)c1ccc2c(c1)S(C)(CCC)c1cc(N(CC=C)CC=C)ccc1C2=O. The molecule has 0 saturated carbocycles. The molecule has 1 heterocycles. The smallest absolute Gasteiger partial charge is 0.195 e. The third-order valence-electron chi connectivity index (χ3n) is 6.13. The van der Waals surface area contributed by atoms with Gasteiger partial charge in [0.15, 0.2) is 5.78 Å². The highest BCUT2D eigenvalue weighted by Gasteiger charge is 2.37. The fourth-order valence-corrected chi connectivity index (χ4v) is 8.17. The van der Waals surface area contributed by atoms with E-state index < -0.39 is 10.0 Å². The summed E-state index contributed by atoms with van der Waals surface area (Å²) in [6, 6.07) is 12.6. The molecular formula is C29H36N2OS. The molecule has 0 aliphatic carbocycles. The van der Waals surface area contributed by atoms with Gasteiger partial charge in [0, 0.05) is 58.5 Å². The first kappa shape index (κ1) is 24.7. The fraction of sp³-hybridized carbons (Fsp3) is 0.276. The van der Waals surface area contributed by atoms with Crippen LogP contribution in [0.25, 0.3) is 0 Å². The minimum absolute atomic E-state index is 0.122. The van der Waals surface area contributed by atoms with Crippen LogP contribution in [0.4, 0.5) is 11.4 Å². The van der Waals surface area contributed by atoms with Gasteiger partial charge >= 0.3 is 0 Å². The van der Waals surface area contributed by atoms with E-state index >= 15 is 0 Å². The number of hydrogen-bond acceptors (Lipinski definition) is 3. The molecule has 0 aromatic heterocycles. The number of carbonyl (C=O) groups is 1. The van der Waals surface area contributed by atoms with Gasteiger partial charge in [0.25, 0.3) is 0 Å². The van der Waals surface area contributed by atoms with Gasteiger partial charge in [-0.2, -0.15) is 10.0 Å². The molecule has 0 radical (unpaired) electrons. The molecule has 2 aromatic rings. The lowest BCUT2D eigenvalue weighted by atomic mass is 10.0. The van der Waals surface area contributed by atoms with Crippen molar-refractivity contribution in [1.82, 2.24) is 0 Å². The molecule has 1 aliphatic heterocycles. The highest BCUT2D eigenvalue weighted by Crippen LogP contribution is 2.65. The lowest BCUT2D eigenvalue weighted by Crippen LogP contribution is -2.26. The number of ketones is 1. The number of benzene rings is 2. The first-order valence-corrected chi connectivity index (χ1v) is 13.7. The maximum absolute atomic E-state index is 13.6. The standard InChI is InChI=1S/C29H36N2OS/c1-7-16-30(17-8-2)23-12-14-25-27(21-23)33(6,20-11-5)28-22-24(13-15-26(28)29(25)32)31(18-9-3)19-10-4/h7-10,12-15,21-22H,1-4,11,16-20H2,5-6H3. The van der Waals surface area contributed by atoms with Gasteiger partial charge in [-0.25, -0.2) is 0 Å². The second-order valence-electron chi connectivity index (χ2n) is 8.45. The van der Waals surface area contributed by atoms with Crippen molar-refractivity contribution >= 4 is 27.2 Å². The molecule has 3 nitrogen and oxygen atoms in total. The predicted octanol–water partition coefficient (Wildman–Crippen LogP) is 6.85. The van der Waals surface area contributed by atoms with E-state index in [9.17, 15) is 4.79 Å². The van der Waals surface area contributed by atoms with Crippen molar-refractivity contribution in [3.05, 3.63) is 98.1 Å². The van der Waals surface area contributed by atoms with Gasteiger partial charge in [-0.15, -0.1) is 26.3 Å². The average Bonchev–Trinajstić information content (AvgIpc) is 2.82. The zero-order valence-electron chi connectivity index (χ0n) is 20.1. The molecule has 0 N–H and O–H groups in total. The Morgan fingerprint density at radius 2 is 1.15 bits per heavy atom. The molecule has 0 bridgehead atoms. The van der Waals surface area contributed by atoms with Crippen LogP contribution in [0.3, 0.4) is 0 Å². The summed E-state index contributed by atoms with van der Waals surface area (Å²) in [5.74, 6) is 1.16. The summed E-state index contributed by atoms with van der Waals surface area (Å²) in [5, 5.41) is 0. The number of fused-ring (bicyclic) bond motifs is 2. The lowest BCUT2D eigenvalue weighted by Gasteiger charge is -2.43. The van der Waals surface area contributed by atoms with E-state index in [0.717, 1.165) is 60.9 Å². The topological polar surface area (TPSA) is 23.6 Å². The number of carbonyl (C=O) groups excluding carboxylic acids is 1. The molecule has 33 heavy (non-hydrogen) atoms. The number of nitrogens with zero attached hydrogens (tertiary/aromatic N) is 2. The minimum atomic E-state index is -1.39. The van der Waals surface area contributed by atoms with E-state index in [1.54, 1.807) is 0 Å². The molecule has 3 rings (SSSR count). The Morgan fingerprint density at radius 1 is 0.758 bits per heavy atom. The number of anilines is 2. The molecule has 174 valence electrons. The quantitative estimate of drug-likeness (QED) is 0.324.